The number of esters is 1. The standard InChI is InChI=1S/C20H25ClN6O5/c1-4-32-20(30)13-5-7-26(8-6-13)18(28)11-25(2)19(29)14-9-15(21)16(10-17(14)31-3)27-12-22-23-24-27/h9-10,12-13H,4-8,11H2,1-3H3. The molecule has 3 rings (SSSR count). The largest absolute Gasteiger partial charge is 0.496 e. The summed E-state index contributed by atoms with van der Waals surface area (Å²) in [6.45, 7) is 2.89. The third kappa shape index (κ3) is 5.16. The lowest BCUT2D eigenvalue weighted by Crippen LogP contribution is -2.45. The van der Waals surface area contributed by atoms with Crippen molar-refractivity contribution in [2.24, 2.45) is 5.92 Å². The molecule has 11 nitrogen and oxygen atoms in total. The molecule has 2 aromatic rings. The summed E-state index contributed by atoms with van der Waals surface area (Å²) in [6.07, 6.45) is 2.46. The Morgan fingerprint density at radius 2 is 1.97 bits per heavy atom. The van der Waals surface area contributed by atoms with E-state index in [1.807, 2.05) is 0 Å². The fourth-order valence-corrected chi connectivity index (χ4v) is 3.78. The molecule has 0 aliphatic carbocycles. The number of hydrogen-bond acceptors (Lipinski definition) is 8. The molecular weight excluding hydrogens is 440 g/mol. The van der Waals surface area contributed by atoms with Gasteiger partial charge >= 0.3 is 5.97 Å². The van der Waals surface area contributed by atoms with Crippen LogP contribution in [0.25, 0.3) is 5.69 Å². The smallest absolute Gasteiger partial charge is 0.309 e. The minimum Gasteiger partial charge on any atom is -0.496 e. The second-order valence-electron chi connectivity index (χ2n) is 7.33. The maximum Gasteiger partial charge on any atom is 0.309 e. The van der Waals surface area contributed by atoms with Crippen LogP contribution in [0.2, 0.25) is 5.02 Å². The van der Waals surface area contributed by atoms with Crippen LogP contribution in [0.5, 0.6) is 5.75 Å². The number of benzene rings is 1. The zero-order valence-electron chi connectivity index (χ0n) is 18.2. The number of halogens is 1. The number of carbonyl (C=O) groups excluding carboxylic acids is 3. The molecule has 2 heterocycles. The third-order valence-corrected chi connectivity index (χ3v) is 5.58. The van der Waals surface area contributed by atoms with Gasteiger partial charge in [0.25, 0.3) is 5.91 Å². The SMILES string of the molecule is CCOC(=O)C1CCN(C(=O)CN(C)C(=O)c2cc(Cl)c(-n3cnnn3)cc2OC)CC1. The average Bonchev–Trinajstić information content (AvgIpc) is 3.33. The minimum atomic E-state index is -0.415. The zero-order valence-corrected chi connectivity index (χ0v) is 18.9. The van der Waals surface area contributed by atoms with Crippen molar-refractivity contribution in [1.82, 2.24) is 30.0 Å². The first kappa shape index (κ1) is 23.5. The molecule has 0 saturated carbocycles. The number of piperidine rings is 1. The van der Waals surface area contributed by atoms with Gasteiger partial charge in [0.15, 0.2) is 0 Å². The lowest BCUT2D eigenvalue weighted by molar-refractivity contribution is -0.151. The molecule has 172 valence electrons. The molecule has 1 aliphatic rings. The predicted molar refractivity (Wildman–Crippen MR) is 114 cm³/mol. The van der Waals surface area contributed by atoms with Crippen LogP contribution < -0.4 is 4.74 Å². The average molecular weight is 465 g/mol. The summed E-state index contributed by atoms with van der Waals surface area (Å²) in [5.74, 6) is -0.746. The lowest BCUT2D eigenvalue weighted by Gasteiger charge is -2.32. The Balaban J connectivity index is 1.65. The second kappa shape index (κ2) is 10.4. The van der Waals surface area contributed by atoms with Gasteiger partial charge in [-0.2, -0.15) is 4.68 Å². The molecule has 12 heteroatoms. The molecule has 2 amide bonds. The summed E-state index contributed by atoms with van der Waals surface area (Å²) in [7, 11) is 2.97. The Hall–Kier alpha value is -3.21. The Morgan fingerprint density at radius 1 is 1.25 bits per heavy atom. The van der Waals surface area contributed by atoms with Gasteiger partial charge in [0.05, 0.1) is 42.5 Å². The van der Waals surface area contributed by atoms with Gasteiger partial charge in [0.2, 0.25) is 5.91 Å². The van der Waals surface area contributed by atoms with Crippen molar-refractivity contribution in [3.63, 3.8) is 0 Å². The van der Waals surface area contributed by atoms with Crippen LogP contribution in [0.4, 0.5) is 0 Å². The Bertz CT molecular complexity index is 975. The number of tetrazole rings is 1. The summed E-state index contributed by atoms with van der Waals surface area (Å²) < 4.78 is 11.8. The Morgan fingerprint density at radius 3 is 2.56 bits per heavy atom. The van der Waals surface area contributed by atoms with Gasteiger partial charge in [-0.25, -0.2) is 0 Å². The first-order chi connectivity index (χ1) is 15.3. The van der Waals surface area contributed by atoms with Crippen molar-refractivity contribution in [2.75, 3.05) is 40.4 Å². The van der Waals surface area contributed by atoms with E-state index in [2.05, 4.69) is 15.5 Å². The highest BCUT2D eigenvalue weighted by molar-refractivity contribution is 6.33. The summed E-state index contributed by atoms with van der Waals surface area (Å²) >= 11 is 6.33. The molecule has 0 spiro atoms. The number of likely N-dealkylation sites (N-methyl/N-ethyl adjacent to an activating group) is 1. The summed E-state index contributed by atoms with van der Waals surface area (Å²) in [5, 5.41) is 11.2. The minimum absolute atomic E-state index is 0.113. The van der Waals surface area contributed by atoms with E-state index >= 15 is 0 Å². The van der Waals surface area contributed by atoms with Gasteiger partial charge in [-0.15, -0.1) is 5.10 Å². The second-order valence-corrected chi connectivity index (χ2v) is 7.73. The van der Waals surface area contributed by atoms with Gasteiger partial charge in [0.1, 0.15) is 12.1 Å². The molecule has 0 N–H and O–H groups in total. The van der Waals surface area contributed by atoms with Crippen LogP contribution in [-0.2, 0) is 14.3 Å². The molecule has 1 saturated heterocycles. The van der Waals surface area contributed by atoms with Gasteiger partial charge < -0.3 is 19.3 Å². The van der Waals surface area contributed by atoms with Gasteiger partial charge in [0, 0.05) is 26.2 Å². The van der Waals surface area contributed by atoms with E-state index in [1.54, 1.807) is 17.9 Å². The Labute approximate surface area is 190 Å². The maximum absolute atomic E-state index is 13.0. The van der Waals surface area contributed by atoms with Crippen LogP contribution >= 0.6 is 11.6 Å². The molecule has 32 heavy (non-hydrogen) atoms. The van der Waals surface area contributed by atoms with Crippen LogP contribution in [0, 0.1) is 5.92 Å². The summed E-state index contributed by atoms with van der Waals surface area (Å²) in [5.41, 5.74) is 0.666. The predicted octanol–water partition coefficient (Wildman–Crippen LogP) is 1.20. The number of nitrogens with zero attached hydrogens (tertiary/aromatic N) is 6. The van der Waals surface area contributed by atoms with E-state index in [-0.39, 0.29) is 40.7 Å². The monoisotopic (exact) mass is 464 g/mol. The van der Waals surface area contributed by atoms with Crippen molar-refractivity contribution in [3.05, 3.63) is 29.0 Å². The van der Waals surface area contributed by atoms with Crippen LogP contribution in [0.15, 0.2) is 18.5 Å². The number of aromatic nitrogens is 4. The summed E-state index contributed by atoms with van der Waals surface area (Å²) in [6, 6.07) is 3.02. The van der Waals surface area contributed by atoms with Gasteiger partial charge in [-0.3, -0.25) is 14.4 Å². The molecule has 0 unspecified atom stereocenters. The van der Waals surface area contributed by atoms with Crippen molar-refractivity contribution < 1.29 is 23.9 Å². The fourth-order valence-electron chi connectivity index (χ4n) is 3.53. The molecule has 1 aromatic heterocycles. The number of methoxy groups -OCH3 is 1. The van der Waals surface area contributed by atoms with Crippen molar-refractivity contribution >= 4 is 29.4 Å². The molecule has 0 bridgehead atoms. The lowest BCUT2D eigenvalue weighted by atomic mass is 9.97. The highest BCUT2D eigenvalue weighted by atomic mass is 35.5. The number of ether oxygens (including phenoxy) is 2. The topological polar surface area (TPSA) is 120 Å². The van der Waals surface area contributed by atoms with Crippen LogP contribution in [0.3, 0.4) is 0 Å². The maximum atomic E-state index is 13.0. The first-order valence-electron chi connectivity index (χ1n) is 10.2. The molecule has 0 radical (unpaired) electrons. The Kier molecular flexibility index (Phi) is 7.62. The molecule has 0 atom stereocenters. The van der Waals surface area contributed by atoms with Crippen molar-refractivity contribution in [3.8, 4) is 11.4 Å². The highest BCUT2D eigenvalue weighted by Crippen LogP contribution is 2.30. The molecule has 1 aromatic carbocycles. The van der Waals surface area contributed by atoms with Gasteiger partial charge in [-0.1, -0.05) is 11.6 Å². The van der Waals surface area contributed by atoms with Gasteiger partial charge in [-0.05, 0) is 36.3 Å². The van der Waals surface area contributed by atoms with Crippen molar-refractivity contribution in [2.45, 2.75) is 19.8 Å². The fraction of sp³-hybridized carbons (Fsp3) is 0.500. The van der Waals surface area contributed by atoms with Crippen LogP contribution in [-0.4, -0.2) is 88.2 Å². The number of likely N-dealkylation sites (tertiary alicyclic amines) is 1. The number of rotatable bonds is 7. The van der Waals surface area contributed by atoms with E-state index < -0.39 is 5.91 Å². The van der Waals surface area contributed by atoms with E-state index in [4.69, 9.17) is 21.1 Å². The van der Waals surface area contributed by atoms with E-state index in [9.17, 15) is 14.4 Å². The summed E-state index contributed by atoms with van der Waals surface area (Å²) in [4.78, 5) is 40.6. The highest BCUT2D eigenvalue weighted by Gasteiger charge is 2.29. The van der Waals surface area contributed by atoms with Crippen LogP contribution in [0.1, 0.15) is 30.1 Å². The number of amides is 2. The quantitative estimate of drug-likeness (QED) is 0.560. The van der Waals surface area contributed by atoms with Crippen molar-refractivity contribution in [1.29, 1.82) is 0 Å². The van der Waals surface area contributed by atoms with E-state index in [0.717, 1.165) is 0 Å². The van der Waals surface area contributed by atoms with E-state index in [1.165, 1.54) is 36.1 Å². The number of hydrogen-bond donors (Lipinski definition) is 0. The van der Waals surface area contributed by atoms with E-state index in [0.29, 0.717) is 38.2 Å². The molecular formula is C20H25ClN6O5. The molecule has 1 fully saturated rings. The zero-order chi connectivity index (χ0) is 23.3. The molecule has 1 aliphatic heterocycles. The normalized spacial score (nSPS) is 14.2. The number of carbonyl (C=O) groups is 3. The third-order valence-electron chi connectivity index (χ3n) is 5.28. The first-order valence-corrected chi connectivity index (χ1v) is 10.5.